The molecule has 0 bridgehead atoms. The van der Waals surface area contributed by atoms with Gasteiger partial charge in [0.2, 0.25) is 0 Å². The van der Waals surface area contributed by atoms with Crippen LogP contribution in [0.3, 0.4) is 0 Å². The summed E-state index contributed by atoms with van der Waals surface area (Å²) in [6.45, 7) is 22.3. The van der Waals surface area contributed by atoms with Gasteiger partial charge in [0.1, 0.15) is 23.0 Å². The second-order valence-electron chi connectivity index (χ2n) is 12.9. The molecule has 0 aromatic heterocycles. The summed E-state index contributed by atoms with van der Waals surface area (Å²) in [5, 5.41) is 9.99. The molecule has 2 saturated heterocycles. The van der Waals surface area contributed by atoms with Crippen molar-refractivity contribution in [2.24, 2.45) is 0 Å². The maximum Gasteiger partial charge on any atom is 0.256 e. The van der Waals surface area contributed by atoms with E-state index in [2.05, 4.69) is 13.2 Å². The molecule has 50 heavy (non-hydrogen) atoms. The number of carbonyl (C=O) groups is 2. The standard InChI is InChI=1S/C22H25NO3.C20H21NO3/c1-7-26-19-11-17(9-8-13(19)2)21-16(5)22(24)23(21)18-10-14(3)15(4)20(12-18)25-6;1-11-6-7-15(9-17(11)22)19-14(4)20(23)21(19)16-8-12(2)13(3)18(10-16)24-5/h8-12,21H,5,7H2,1-4,6H3;6-10,19,22H,4H2,1-3,5H3/t21-;19-/m11/s1. The molecule has 8 heteroatoms. The van der Waals surface area contributed by atoms with Gasteiger partial charge in [-0.1, -0.05) is 37.4 Å². The minimum Gasteiger partial charge on any atom is -0.508 e. The zero-order chi connectivity index (χ0) is 36.6. The third-order valence-corrected chi connectivity index (χ3v) is 9.75. The van der Waals surface area contributed by atoms with Crippen LogP contribution in [0.25, 0.3) is 0 Å². The van der Waals surface area contributed by atoms with E-state index in [-0.39, 0.29) is 29.6 Å². The molecule has 0 saturated carbocycles. The molecule has 0 unspecified atom stereocenters. The average molecular weight is 675 g/mol. The lowest BCUT2D eigenvalue weighted by molar-refractivity contribution is -0.119. The Morgan fingerprint density at radius 2 is 1.06 bits per heavy atom. The molecule has 2 aliphatic rings. The number of ether oxygens (including phenoxy) is 3. The summed E-state index contributed by atoms with van der Waals surface area (Å²) in [5.74, 6) is 2.43. The van der Waals surface area contributed by atoms with Crippen LogP contribution in [0.1, 0.15) is 63.5 Å². The summed E-state index contributed by atoms with van der Waals surface area (Å²) >= 11 is 0. The first-order chi connectivity index (χ1) is 23.7. The Kier molecular flexibility index (Phi) is 10.1. The van der Waals surface area contributed by atoms with Gasteiger partial charge in [0.25, 0.3) is 11.8 Å². The van der Waals surface area contributed by atoms with Crippen LogP contribution in [0, 0.1) is 41.5 Å². The summed E-state index contributed by atoms with van der Waals surface area (Å²) in [4.78, 5) is 28.5. The maximum atomic E-state index is 12.6. The van der Waals surface area contributed by atoms with Gasteiger partial charge in [-0.3, -0.25) is 19.4 Å². The van der Waals surface area contributed by atoms with Crippen molar-refractivity contribution >= 4 is 23.2 Å². The third-order valence-electron chi connectivity index (χ3n) is 9.75. The average Bonchev–Trinajstić information content (AvgIpc) is 3.10. The van der Waals surface area contributed by atoms with Gasteiger partial charge in [0.15, 0.2) is 0 Å². The van der Waals surface area contributed by atoms with Crippen molar-refractivity contribution < 1.29 is 28.9 Å². The van der Waals surface area contributed by atoms with Gasteiger partial charge < -0.3 is 19.3 Å². The lowest BCUT2D eigenvalue weighted by Crippen LogP contribution is -2.48. The zero-order valence-corrected chi connectivity index (χ0v) is 30.4. The normalized spacial score (nSPS) is 16.7. The van der Waals surface area contributed by atoms with Gasteiger partial charge in [0.05, 0.1) is 32.9 Å². The Bertz CT molecular complexity index is 2030. The van der Waals surface area contributed by atoms with Crippen LogP contribution in [0.2, 0.25) is 0 Å². The highest BCUT2D eigenvalue weighted by Crippen LogP contribution is 2.46. The van der Waals surface area contributed by atoms with Gasteiger partial charge >= 0.3 is 0 Å². The quantitative estimate of drug-likeness (QED) is 0.149. The number of aromatic hydroxyl groups is 1. The van der Waals surface area contributed by atoms with Crippen LogP contribution in [-0.4, -0.2) is 37.7 Å². The molecule has 0 aliphatic carbocycles. The van der Waals surface area contributed by atoms with Gasteiger partial charge in [-0.15, -0.1) is 0 Å². The van der Waals surface area contributed by atoms with E-state index in [0.29, 0.717) is 17.8 Å². The van der Waals surface area contributed by atoms with Crippen molar-refractivity contribution in [3.8, 4) is 23.0 Å². The molecular weight excluding hydrogens is 628 g/mol. The molecule has 4 aromatic carbocycles. The number of benzene rings is 4. The SMILES string of the molecule is C=C1C(=O)N(c2cc(C)c(C)c(OC)c2)[C@H]1c1ccc(C)c(O)c1.C=C1C(=O)N(c2cc(C)c(C)c(OC)c2)[C@H]1c1ccc(C)c(OCC)c1. The molecule has 0 radical (unpaired) electrons. The fourth-order valence-corrected chi connectivity index (χ4v) is 6.40. The molecule has 6 rings (SSSR count). The Balaban J connectivity index is 0.000000195. The van der Waals surface area contributed by atoms with E-state index in [9.17, 15) is 14.7 Å². The molecule has 2 fully saturated rings. The van der Waals surface area contributed by atoms with E-state index in [1.165, 1.54) is 0 Å². The summed E-state index contributed by atoms with van der Waals surface area (Å²) in [5.41, 5.74) is 10.7. The van der Waals surface area contributed by atoms with Crippen LogP contribution < -0.4 is 24.0 Å². The van der Waals surface area contributed by atoms with E-state index < -0.39 is 0 Å². The Morgan fingerprint density at radius 1 is 0.620 bits per heavy atom. The van der Waals surface area contributed by atoms with Crippen molar-refractivity contribution in [3.63, 3.8) is 0 Å². The molecule has 0 spiro atoms. The smallest absolute Gasteiger partial charge is 0.256 e. The number of phenols is 1. The van der Waals surface area contributed by atoms with Gasteiger partial charge in [0, 0.05) is 34.7 Å². The van der Waals surface area contributed by atoms with E-state index in [4.69, 9.17) is 14.2 Å². The van der Waals surface area contributed by atoms with Crippen molar-refractivity contribution in [1.82, 2.24) is 0 Å². The summed E-state index contributed by atoms with van der Waals surface area (Å²) in [6, 6.07) is 18.9. The largest absolute Gasteiger partial charge is 0.508 e. The monoisotopic (exact) mass is 674 g/mol. The van der Waals surface area contributed by atoms with Crippen LogP contribution in [0.15, 0.2) is 85.0 Å². The third kappa shape index (κ3) is 6.33. The highest BCUT2D eigenvalue weighted by Gasteiger charge is 2.44. The van der Waals surface area contributed by atoms with Crippen LogP contribution in [-0.2, 0) is 9.59 Å². The number of nitrogens with zero attached hydrogens (tertiary/aromatic N) is 2. The predicted octanol–water partition coefficient (Wildman–Crippen LogP) is 8.63. The first kappa shape index (κ1) is 35.8. The van der Waals surface area contributed by atoms with Crippen LogP contribution >= 0.6 is 0 Å². The van der Waals surface area contributed by atoms with Crippen molar-refractivity contribution in [2.45, 2.75) is 60.5 Å². The van der Waals surface area contributed by atoms with E-state index >= 15 is 0 Å². The van der Waals surface area contributed by atoms with Crippen molar-refractivity contribution in [1.29, 1.82) is 0 Å². The Morgan fingerprint density at radius 3 is 1.48 bits per heavy atom. The maximum absolute atomic E-state index is 12.6. The first-order valence-corrected chi connectivity index (χ1v) is 16.6. The first-order valence-electron chi connectivity index (χ1n) is 16.6. The lowest BCUT2D eigenvalue weighted by atomic mass is 9.87. The molecular formula is C42H46N2O6. The number of rotatable bonds is 8. The molecule has 2 atom stereocenters. The second kappa shape index (κ2) is 14.2. The number of hydrogen-bond donors (Lipinski definition) is 1. The van der Waals surface area contributed by atoms with E-state index in [0.717, 1.165) is 73.1 Å². The lowest BCUT2D eigenvalue weighted by Gasteiger charge is -2.43. The minimum atomic E-state index is -0.268. The molecule has 2 aliphatic heterocycles. The summed E-state index contributed by atoms with van der Waals surface area (Å²) in [7, 11) is 3.27. The Labute approximate surface area is 295 Å². The Hall–Kier alpha value is -5.50. The fraction of sp³-hybridized carbons (Fsp3) is 0.286. The van der Waals surface area contributed by atoms with Crippen LogP contribution in [0.4, 0.5) is 11.4 Å². The highest BCUT2D eigenvalue weighted by molar-refractivity contribution is 6.15. The van der Waals surface area contributed by atoms with Gasteiger partial charge in [-0.2, -0.15) is 0 Å². The number of hydrogen-bond acceptors (Lipinski definition) is 6. The highest BCUT2D eigenvalue weighted by atomic mass is 16.5. The number of methoxy groups -OCH3 is 2. The van der Waals surface area contributed by atoms with Crippen molar-refractivity contribution in [2.75, 3.05) is 30.6 Å². The van der Waals surface area contributed by atoms with Crippen molar-refractivity contribution in [3.05, 3.63) is 129 Å². The fourth-order valence-electron chi connectivity index (χ4n) is 6.40. The summed E-state index contributed by atoms with van der Waals surface area (Å²) < 4.78 is 16.6. The molecule has 260 valence electrons. The topological polar surface area (TPSA) is 88.5 Å². The minimum absolute atomic E-state index is 0.0566. The van der Waals surface area contributed by atoms with E-state index in [1.807, 2.05) is 103 Å². The summed E-state index contributed by atoms with van der Waals surface area (Å²) in [6.07, 6.45) is 0. The predicted molar refractivity (Wildman–Crippen MR) is 199 cm³/mol. The number of aryl methyl sites for hydroxylation is 4. The number of β-lactam (4-membered cyclic amide) rings is 2. The molecule has 8 nitrogen and oxygen atoms in total. The number of amides is 2. The molecule has 1 N–H and O–H groups in total. The van der Waals surface area contributed by atoms with E-state index in [1.54, 1.807) is 30.1 Å². The van der Waals surface area contributed by atoms with Gasteiger partial charge in [-0.25, -0.2) is 0 Å². The second-order valence-corrected chi connectivity index (χ2v) is 12.9. The number of carbonyl (C=O) groups excluding carboxylic acids is 2. The molecule has 2 heterocycles. The zero-order valence-electron chi connectivity index (χ0n) is 30.4. The van der Waals surface area contributed by atoms with Crippen LogP contribution in [0.5, 0.6) is 23.0 Å². The number of anilines is 2. The number of phenolic OH excluding ortho intramolecular Hbond substituents is 1. The van der Waals surface area contributed by atoms with Gasteiger partial charge in [-0.05, 0) is 117 Å². The molecule has 2 amide bonds. The molecule has 4 aromatic rings.